The van der Waals surface area contributed by atoms with E-state index in [2.05, 4.69) is 22.5 Å². The van der Waals surface area contributed by atoms with Crippen molar-refractivity contribution in [3.63, 3.8) is 0 Å². The van der Waals surface area contributed by atoms with E-state index in [-0.39, 0.29) is 5.91 Å². The number of benzene rings is 2. The number of ether oxygens (including phenoxy) is 1. The van der Waals surface area contributed by atoms with Gasteiger partial charge in [0.15, 0.2) is 0 Å². The van der Waals surface area contributed by atoms with Crippen molar-refractivity contribution in [1.29, 1.82) is 0 Å². The molecule has 29 heavy (non-hydrogen) atoms. The smallest absolute Gasteiger partial charge is 0.251 e. The zero-order valence-electron chi connectivity index (χ0n) is 16.0. The zero-order chi connectivity index (χ0) is 20.1. The summed E-state index contributed by atoms with van der Waals surface area (Å²) >= 11 is 1.67. The molecule has 0 aliphatic heterocycles. The van der Waals surface area contributed by atoms with Gasteiger partial charge in [-0.15, -0.1) is 11.3 Å². The molecular weight excluding hydrogens is 382 g/mol. The summed E-state index contributed by atoms with van der Waals surface area (Å²) in [4.78, 5) is 13.5. The largest absolute Gasteiger partial charge is 0.457 e. The Morgan fingerprint density at radius 3 is 2.52 bits per heavy atom. The second-order valence-electron chi connectivity index (χ2n) is 6.57. The Bertz CT molecular complexity index is 1070. The zero-order valence-corrected chi connectivity index (χ0v) is 16.9. The van der Waals surface area contributed by atoms with Crippen LogP contribution in [-0.4, -0.2) is 22.2 Å². The fourth-order valence-corrected chi connectivity index (χ4v) is 3.64. The highest BCUT2D eigenvalue weighted by Crippen LogP contribution is 2.24. The van der Waals surface area contributed by atoms with Crippen LogP contribution < -0.4 is 10.1 Å². The van der Waals surface area contributed by atoms with Crippen molar-refractivity contribution in [1.82, 2.24) is 15.1 Å². The van der Waals surface area contributed by atoms with Crippen molar-refractivity contribution in [3.8, 4) is 22.1 Å². The van der Waals surface area contributed by atoms with Crippen LogP contribution in [0.5, 0.6) is 11.5 Å². The summed E-state index contributed by atoms with van der Waals surface area (Å²) in [5.41, 5.74) is 2.64. The molecule has 146 valence electrons. The summed E-state index contributed by atoms with van der Waals surface area (Å²) in [5, 5.41) is 9.62. The van der Waals surface area contributed by atoms with Crippen LogP contribution in [0.1, 0.15) is 16.1 Å². The van der Waals surface area contributed by atoms with Gasteiger partial charge in [0.05, 0.1) is 11.4 Å². The Hall–Kier alpha value is -3.38. The van der Waals surface area contributed by atoms with E-state index in [1.54, 1.807) is 35.6 Å². The first kappa shape index (κ1) is 19.0. The molecule has 0 atom stereocenters. The number of aryl methyl sites for hydroxylation is 1. The molecule has 2 heterocycles. The summed E-state index contributed by atoms with van der Waals surface area (Å²) < 4.78 is 7.68. The van der Waals surface area contributed by atoms with E-state index in [9.17, 15) is 4.79 Å². The van der Waals surface area contributed by atoms with Crippen molar-refractivity contribution in [3.05, 3.63) is 89.4 Å². The highest BCUT2D eigenvalue weighted by molar-refractivity contribution is 7.13. The molecule has 0 radical (unpaired) electrons. The maximum Gasteiger partial charge on any atom is 0.251 e. The number of hydrogen-bond donors (Lipinski definition) is 1. The van der Waals surface area contributed by atoms with Crippen molar-refractivity contribution >= 4 is 17.2 Å². The molecule has 2 aromatic heterocycles. The van der Waals surface area contributed by atoms with Gasteiger partial charge in [-0.3, -0.25) is 9.48 Å². The van der Waals surface area contributed by atoms with Crippen LogP contribution in [0.15, 0.2) is 78.2 Å². The first-order valence-electron chi connectivity index (χ1n) is 9.38. The Labute approximate surface area is 173 Å². The van der Waals surface area contributed by atoms with E-state index in [1.807, 2.05) is 53.4 Å². The highest BCUT2D eigenvalue weighted by Gasteiger charge is 2.09. The lowest BCUT2D eigenvalue weighted by Crippen LogP contribution is -2.27. The van der Waals surface area contributed by atoms with E-state index >= 15 is 0 Å². The number of nitrogens with one attached hydrogen (secondary N) is 1. The lowest BCUT2D eigenvalue weighted by atomic mass is 10.2. The number of carbonyl (C=O) groups excluding carboxylic acids is 1. The van der Waals surface area contributed by atoms with E-state index in [0.29, 0.717) is 24.4 Å². The van der Waals surface area contributed by atoms with Gasteiger partial charge in [0, 0.05) is 17.8 Å². The van der Waals surface area contributed by atoms with Crippen molar-refractivity contribution < 1.29 is 9.53 Å². The number of para-hydroxylation sites is 1. The van der Waals surface area contributed by atoms with Gasteiger partial charge in [-0.05, 0) is 60.8 Å². The Morgan fingerprint density at radius 2 is 1.79 bits per heavy atom. The molecular formula is C23H21N3O2S. The van der Waals surface area contributed by atoms with Crippen LogP contribution in [0.4, 0.5) is 0 Å². The highest BCUT2D eigenvalue weighted by atomic mass is 32.1. The Balaban J connectivity index is 1.31. The molecule has 0 saturated carbocycles. The van der Waals surface area contributed by atoms with Crippen LogP contribution in [-0.2, 0) is 6.54 Å². The third-order valence-corrected chi connectivity index (χ3v) is 5.35. The van der Waals surface area contributed by atoms with Crippen LogP contribution in [0.3, 0.4) is 0 Å². The van der Waals surface area contributed by atoms with Gasteiger partial charge >= 0.3 is 0 Å². The molecule has 1 N–H and O–H groups in total. The predicted molar refractivity (Wildman–Crippen MR) is 116 cm³/mol. The average molecular weight is 404 g/mol. The SMILES string of the molecule is Cc1cc(-c2cccs2)nn1CCNC(=O)c1ccc(Oc2ccccc2)cc1. The molecule has 0 aliphatic rings. The molecule has 0 fully saturated rings. The molecule has 2 aromatic carbocycles. The summed E-state index contributed by atoms with van der Waals surface area (Å²) in [6.07, 6.45) is 0. The van der Waals surface area contributed by atoms with Crippen LogP contribution >= 0.6 is 11.3 Å². The first-order valence-corrected chi connectivity index (χ1v) is 10.3. The second-order valence-corrected chi connectivity index (χ2v) is 7.51. The van der Waals surface area contributed by atoms with Gasteiger partial charge in [-0.2, -0.15) is 5.10 Å². The fraction of sp³-hybridized carbons (Fsp3) is 0.130. The molecule has 1 amide bonds. The van der Waals surface area contributed by atoms with E-state index in [4.69, 9.17) is 4.74 Å². The minimum atomic E-state index is -0.112. The van der Waals surface area contributed by atoms with Gasteiger partial charge in [-0.1, -0.05) is 24.3 Å². The number of carbonyl (C=O) groups is 1. The standard InChI is InChI=1S/C23H21N3O2S/c1-17-16-21(22-8-5-15-29-22)25-26(17)14-13-24-23(27)18-9-11-20(12-10-18)28-19-6-3-2-4-7-19/h2-12,15-16H,13-14H2,1H3,(H,24,27). The summed E-state index contributed by atoms with van der Waals surface area (Å²) in [6, 6.07) is 22.8. The molecule has 0 saturated heterocycles. The molecule has 0 spiro atoms. The molecule has 4 rings (SSSR count). The molecule has 4 aromatic rings. The van der Waals surface area contributed by atoms with Crippen molar-refractivity contribution in [2.75, 3.05) is 6.54 Å². The summed E-state index contributed by atoms with van der Waals surface area (Å²) in [5.74, 6) is 1.35. The minimum Gasteiger partial charge on any atom is -0.457 e. The topological polar surface area (TPSA) is 56.2 Å². The van der Waals surface area contributed by atoms with Gasteiger partial charge in [0.2, 0.25) is 0 Å². The third kappa shape index (κ3) is 4.73. The minimum absolute atomic E-state index is 0.112. The third-order valence-electron chi connectivity index (χ3n) is 4.46. The lowest BCUT2D eigenvalue weighted by molar-refractivity contribution is 0.0952. The van der Waals surface area contributed by atoms with Gasteiger partial charge in [0.25, 0.3) is 5.91 Å². The normalized spacial score (nSPS) is 10.7. The number of aromatic nitrogens is 2. The lowest BCUT2D eigenvalue weighted by Gasteiger charge is -2.08. The Kier molecular flexibility index (Phi) is 5.72. The van der Waals surface area contributed by atoms with E-state index in [1.165, 1.54) is 0 Å². The number of amides is 1. The van der Waals surface area contributed by atoms with Gasteiger partial charge < -0.3 is 10.1 Å². The van der Waals surface area contributed by atoms with Crippen LogP contribution in [0.2, 0.25) is 0 Å². The summed E-state index contributed by atoms with van der Waals surface area (Å²) in [6.45, 7) is 3.16. The van der Waals surface area contributed by atoms with Crippen LogP contribution in [0, 0.1) is 6.92 Å². The monoisotopic (exact) mass is 403 g/mol. The number of thiophene rings is 1. The number of rotatable bonds is 7. The van der Waals surface area contributed by atoms with E-state index in [0.717, 1.165) is 22.0 Å². The first-order chi connectivity index (χ1) is 14.2. The quantitative estimate of drug-likeness (QED) is 0.465. The molecule has 6 heteroatoms. The molecule has 0 unspecified atom stereocenters. The number of nitrogens with zero attached hydrogens (tertiary/aromatic N) is 2. The molecule has 0 aliphatic carbocycles. The van der Waals surface area contributed by atoms with Crippen molar-refractivity contribution in [2.45, 2.75) is 13.5 Å². The molecule has 5 nitrogen and oxygen atoms in total. The molecule has 0 bridgehead atoms. The maximum atomic E-state index is 12.4. The summed E-state index contributed by atoms with van der Waals surface area (Å²) in [7, 11) is 0. The number of hydrogen-bond acceptors (Lipinski definition) is 4. The second kappa shape index (κ2) is 8.75. The fourth-order valence-electron chi connectivity index (χ4n) is 2.96. The van der Waals surface area contributed by atoms with Gasteiger partial charge in [0.1, 0.15) is 17.2 Å². The van der Waals surface area contributed by atoms with Crippen LogP contribution in [0.25, 0.3) is 10.6 Å². The average Bonchev–Trinajstić information content (AvgIpc) is 3.39. The maximum absolute atomic E-state index is 12.4. The van der Waals surface area contributed by atoms with Gasteiger partial charge in [-0.25, -0.2) is 0 Å². The predicted octanol–water partition coefficient (Wildman–Crippen LogP) is 5.14. The van der Waals surface area contributed by atoms with E-state index < -0.39 is 0 Å². The van der Waals surface area contributed by atoms with Crippen molar-refractivity contribution in [2.24, 2.45) is 0 Å². The Morgan fingerprint density at radius 1 is 1.03 bits per heavy atom.